The van der Waals surface area contributed by atoms with E-state index in [-0.39, 0.29) is 11.9 Å². The number of benzene rings is 1. The predicted octanol–water partition coefficient (Wildman–Crippen LogP) is 2.68. The molecule has 0 saturated heterocycles. The maximum Gasteiger partial charge on any atom is 0.224 e. The Kier molecular flexibility index (Phi) is 3.56. The molecule has 5 nitrogen and oxygen atoms in total. The summed E-state index contributed by atoms with van der Waals surface area (Å²) in [5, 5.41) is 4.47. The molecular weight excluding hydrogens is 278 g/mol. The van der Waals surface area contributed by atoms with E-state index in [9.17, 15) is 9.59 Å². The molecule has 0 spiro atoms. The van der Waals surface area contributed by atoms with Crippen molar-refractivity contribution in [2.45, 2.75) is 39.8 Å². The fourth-order valence-corrected chi connectivity index (χ4v) is 3.19. The summed E-state index contributed by atoms with van der Waals surface area (Å²) in [7, 11) is 0. The lowest BCUT2D eigenvalue weighted by molar-refractivity contribution is -0.116. The Morgan fingerprint density at radius 2 is 2.18 bits per heavy atom. The first kappa shape index (κ1) is 14.5. The van der Waals surface area contributed by atoms with E-state index in [2.05, 4.69) is 18.1 Å². The molecule has 1 aliphatic heterocycles. The molecule has 1 unspecified atom stereocenters. The summed E-state index contributed by atoms with van der Waals surface area (Å²) in [5.41, 5.74) is 4.48. The molecule has 0 N–H and O–H groups in total. The van der Waals surface area contributed by atoms with Crippen molar-refractivity contribution in [3.8, 4) is 11.3 Å². The Hall–Kier alpha value is -2.43. The van der Waals surface area contributed by atoms with Crippen LogP contribution in [0.1, 0.15) is 36.8 Å². The number of rotatable bonds is 3. The first-order chi connectivity index (χ1) is 10.5. The Morgan fingerprint density at radius 1 is 1.41 bits per heavy atom. The lowest BCUT2D eigenvalue weighted by Crippen LogP contribution is -2.33. The molecule has 0 saturated carbocycles. The highest BCUT2D eigenvalue weighted by molar-refractivity contribution is 5.95. The van der Waals surface area contributed by atoms with Crippen molar-refractivity contribution in [1.82, 2.24) is 9.78 Å². The van der Waals surface area contributed by atoms with Gasteiger partial charge in [0.25, 0.3) is 0 Å². The highest BCUT2D eigenvalue weighted by Gasteiger charge is 2.29. The molecule has 1 amide bonds. The normalized spacial score (nSPS) is 16.7. The highest BCUT2D eigenvalue weighted by Crippen LogP contribution is 2.35. The fourth-order valence-electron chi connectivity index (χ4n) is 3.19. The molecule has 0 aliphatic carbocycles. The quantitative estimate of drug-likeness (QED) is 0.818. The van der Waals surface area contributed by atoms with Crippen LogP contribution in [-0.2, 0) is 17.8 Å². The second kappa shape index (κ2) is 5.40. The molecule has 1 aromatic heterocycles. The van der Waals surface area contributed by atoms with E-state index in [1.54, 1.807) is 17.7 Å². The fraction of sp³-hybridized carbons (Fsp3) is 0.353. The third-order valence-electron chi connectivity index (χ3n) is 4.16. The number of carbonyl (C=O) groups excluding carboxylic acids is 2. The number of carbonyl (C=O) groups is 2. The molecule has 22 heavy (non-hydrogen) atoms. The number of amides is 1. The largest absolute Gasteiger partial charge is 0.309 e. The van der Waals surface area contributed by atoms with Crippen molar-refractivity contribution in [3.63, 3.8) is 0 Å². The molecule has 0 fully saturated rings. The van der Waals surface area contributed by atoms with Gasteiger partial charge in [0.1, 0.15) is 5.69 Å². The predicted molar refractivity (Wildman–Crippen MR) is 85.1 cm³/mol. The summed E-state index contributed by atoms with van der Waals surface area (Å²) in [6, 6.07) is 8.00. The van der Waals surface area contributed by atoms with Crippen LogP contribution in [0.2, 0.25) is 0 Å². The van der Waals surface area contributed by atoms with Crippen LogP contribution < -0.4 is 4.90 Å². The van der Waals surface area contributed by atoms with Crippen molar-refractivity contribution in [2.24, 2.45) is 0 Å². The van der Waals surface area contributed by atoms with Gasteiger partial charge in [-0.3, -0.25) is 14.3 Å². The molecule has 2 aromatic rings. The first-order valence-electron chi connectivity index (χ1n) is 7.51. The van der Waals surface area contributed by atoms with Crippen molar-refractivity contribution in [1.29, 1.82) is 0 Å². The third-order valence-corrected chi connectivity index (χ3v) is 4.16. The molecule has 114 valence electrons. The molecule has 0 bridgehead atoms. The molecular formula is C17H19N3O2. The standard InChI is InChI=1S/C17H19N3O2/c1-4-19-15(10-21)9-16(18-19)13-5-6-17-14(8-13)7-11(2)20(17)12(3)22/h5-6,8-11H,4,7H2,1-3H3. The van der Waals surface area contributed by atoms with Crippen molar-refractivity contribution >= 4 is 17.9 Å². The average molecular weight is 297 g/mol. The van der Waals surface area contributed by atoms with Gasteiger partial charge in [0.2, 0.25) is 5.91 Å². The second-order valence-electron chi connectivity index (χ2n) is 5.67. The summed E-state index contributed by atoms with van der Waals surface area (Å²) >= 11 is 0. The summed E-state index contributed by atoms with van der Waals surface area (Å²) in [6.07, 6.45) is 1.67. The van der Waals surface area contributed by atoms with Gasteiger partial charge in [0.05, 0.1) is 5.69 Å². The zero-order chi connectivity index (χ0) is 15.9. The molecule has 1 aliphatic rings. The van der Waals surface area contributed by atoms with E-state index in [0.29, 0.717) is 12.2 Å². The number of nitrogens with zero attached hydrogens (tertiary/aromatic N) is 3. The van der Waals surface area contributed by atoms with Crippen LogP contribution in [0.5, 0.6) is 0 Å². The minimum absolute atomic E-state index is 0.0671. The van der Waals surface area contributed by atoms with Crippen LogP contribution in [-0.4, -0.2) is 28.0 Å². The molecule has 1 atom stereocenters. The SMILES string of the molecule is CCn1nc(-c2ccc3c(c2)CC(C)N3C(C)=O)cc1C=O. The average Bonchev–Trinajstić information content (AvgIpc) is 3.05. The minimum atomic E-state index is 0.0671. The Morgan fingerprint density at radius 3 is 2.77 bits per heavy atom. The van der Waals surface area contributed by atoms with Gasteiger partial charge in [-0.15, -0.1) is 0 Å². The summed E-state index contributed by atoms with van der Waals surface area (Å²) in [5.74, 6) is 0.0671. The van der Waals surface area contributed by atoms with Crippen LogP contribution in [0.4, 0.5) is 5.69 Å². The smallest absolute Gasteiger partial charge is 0.224 e. The molecule has 3 rings (SSSR count). The number of hydrogen-bond donors (Lipinski definition) is 0. The van der Waals surface area contributed by atoms with Gasteiger partial charge in [-0.05, 0) is 44.0 Å². The maximum atomic E-state index is 11.8. The van der Waals surface area contributed by atoms with Crippen molar-refractivity contribution < 1.29 is 9.59 Å². The Bertz CT molecular complexity index is 748. The van der Waals surface area contributed by atoms with E-state index in [0.717, 1.165) is 35.2 Å². The summed E-state index contributed by atoms with van der Waals surface area (Å²) in [6.45, 7) is 6.27. The van der Waals surface area contributed by atoms with E-state index in [1.807, 2.05) is 24.0 Å². The summed E-state index contributed by atoms with van der Waals surface area (Å²) < 4.78 is 1.69. The van der Waals surface area contributed by atoms with Crippen molar-refractivity contribution in [3.05, 3.63) is 35.5 Å². The topological polar surface area (TPSA) is 55.2 Å². The minimum Gasteiger partial charge on any atom is -0.309 e. The second-order valence-corrected chi connectivity index (χ2v) is 5.67. The van der Waals surface area contributed by atoms with Gasteiger partial charge in [-0.25, -0.2) is 0 Å². The number of hydrogen-bond acceptors (Lipinski definition) is 3. The highest BCUT2D eigenvalue weighted by atomic mass is 16.2. The van der Waals surface area contributed by atoms with Crippen LogP contribution in [0.3, 0.4) is 0 Å². The van der Waals surface area contributed by atoms with Gasteiger partial charge in [-0.2, -0.15) is 5.10 Å². The van der Waals surface area contributed by atoms with Gasteiger partial charge in [-0.1, -0.05) is 6.07 Å². The van der Waals surface area contributed by atoms with Gasteiger partial charge < -0.3 is 4.90 Å². The third kappa shape index (κ3) is 2.22. The lowest BCUT2D eigenvalue weighted by Gasteiger charge is -2.20. The van der Waals surface area contributed by atoms with E-state index in [1.165, 1.54) is 0 Å². The monoisotopic (exact) mass is 297 g/mol. The maximum absolute atomic E-state index is 11.8. The molecule has 5 heteroatoms. The first-order valence-corrected chi connectivity index (χ1v) is 7.51. The number of aryl methyl sites for hydroxylation is 1. The zero-order valence-corrected chi connectivity index (χ0v) is 13.0. The molecule has 0 radical (unpaired) electrons. The number of aldehydes is 1. The number of fused-ring (bicyclic) bond motifs is 1. The van der Waals surface area contributed by atoms with Gasteiger partial charge in [0.15, 0.2) is 6.29 Å². The number of aromatic nitrogens is 2. The molecule has 1 aromatic carbocycles. The Balaban J connectivity index is 2.02. The molecule has 2 heterocycles. The Labute approximate surface area is 129 Å². The van der Waals surface area contributed by atoms with E-state index >= 15 is 0 Å². The van der Waals surface area contributed by atoms with Gasteiger partial charge in [0, 0.05) is 30.8 Å². The zero-order valence-electron chi connectivity index (χ0n) is 13.0. The van der Waals surface area contributed by atoms with E-state index in [4.69, 9.17) is 0 Å². The van der Waals surface area contributed by atoms with E-state index < -0.39 is 0 Å². The van der Waals surface area contributed by atoms with Crippen LogP contribution in [0.15, 0.2) is 24.3 Å². The van der Waals surface area contributed by atoms with Crippen molar-refractivity contribution in [2.75, 3.05) is 4.90 Å². The van der Waals surface area contributed by atoms with Crippen LogP contribution >= 0.6 is 0 Å². The van der Waals surface area contributed by atoms with Gasteiger partial charge >= 0.3 is 0 Å². The lowest BCUT2D eigenvalue weighted by atomic mass is 10.0. The number of anilines is 1. The van der Waals surface area contributed by atoms with Crippen LogP contribution in [0, 0.1) is 0 Å². The van der Waals surface area contributed by atoms with Crippen LogP contribution in [0.25, 0.3) is 11.3 Å². The summed E-state index contributed by atoms with van der Waals surface area (Å²) in [4.78, 5) is 24.7.